The third-order valence-corrected chi connectivity index (χ3v) is 27.8. The summed E-state index contributed by atoms with van der Waals surface area (Å²) in [6, 6.07) is 14.0. The fraction of sp³-hybridized carbons (Fsp3) is 0.446. The Bertz CT molecular complexity index is 6550. The lowest BCUT2D eigenvalue weighted by Gasteiger charge is -2.44. The number of carbonyl (C=O) groups excluding carboxylic acids is 13. The van der Waals surface area contributed by atoms with Crippen molar-refractivity contribution in [1.82, 2.24) is 75.3 Å². The number of H-pyrrole nitrogens is 2. The number of hydrogen-bond acceptors (Lipinski definition) is 28. The standard InChI is InChI=1S/C50H56F4N12O8.C32H36F4N8O5.C19H23N3O4/c1-28-26-65(27-29(2)62(28)3)39-22-35(51)32(20-37(39)60-45(71)33-25-57-42(69)21-34(33)50(52,53)54)30-23-58-49(59-24-30)64-18-16-63(17-19-64)43(70)13-12-40(67)56-15-6-4-5-14-55-36-9-7-8-31-44(36)48(74)66(47(31)73)38-10-11-41(68)61-46(38)72;1-18-16-44(17-19(2)41(18)3)26-12-24(33)21(10-25(26)40-30(49)22-15-37-27(45)11-23(22)32(34,35)36)20-13-38-31(39-14-20)43-8-6-42(7-9-43)28(46)4-5-29(47)48;20-11-4-2-1-3-6-12-7-5-8-13-16(12)19(26)22(18(13)25)14-9-10-15(23)21-17(14)24/h7-9,20-25,28-29,38,55H,4-6,10-19,26-27H2,1-3H3,(H,56,67)(H,57,69)(H,60,71)(H,61,68,72);10-15,18-19H,4-9,16-17H2,1-3H3,(H,37,45)(H,40,49)(H,47,48);5,7-8,14H,1-4,6,9-11,20H2,(H,21,23,24)/t28-,29+,38?;18-,19+;. The monoisotopic (exact) mass is 2070 g/mol. The minimum atomic E-state index is -5.01. The molecule has 16 rings (SSSR count). The molecule has 6 fully saturated rings. The van der Waals surface area contributed by atoms with E-state index in [1.165, 1.54) is 55.1 Å². The molecule has 12 heterocycles. The second kappa shape index (κ2) is 47.6. The Hall–Kier alpha value is -15.4. The van der Waals surface area contributed by atoms with Crippen LogP contribution in [0.5, 0.6) is 0 Å². The van der Waals surface area contributed by atoms with Gasteiger partial charge in [-0.3, -0.25) is 107 Å². The summed E-state index contributed by atoms with van der Waals surface area (Å²) < 4.78 is 115. The highest BCUT2D eigenvalue weighted by Gasteiger charge is 2.49. The van der Waals surface area contributed by atoms with Crippen molar-refractivity contribution in [3.8, 4) is 22.3 Å². The molecule has 13 amide bonds. The highest BCUT2D eigenvalue weighted by atomic mass is 19.4. The molecule has 0 aliphatic carbocycles. The molecule has 0 saturated carbocycles. The number of aliphatic carboxylic acids is 1. The fourth-order valence-electron chi connectivity index (χ4n) is 19.2. The number of nitrogens with two attached hydrogens (primary N) is 1. The zero-order valence-electron chi connectivity index (χ0n) is 82.6. The number of unbranched alkanes of at least 4 members (excludes halogenated alkanes) is 5. The van der Waals surface area contributed by atoms with Gasteiger partial charge in [0.1, 0.15) is 23.7 Å². The number of imide groups is 4. The Morgan fingerprint density at radius 3 is 1.30 bits per heavy atom. The van der Waals surface area contributed by atoms with Gasteiger partial charge in [-0.25, -0.2) is 28.7 Å². The van der Waals surface area contributed by atoms with Gasteiger partial charge in [0.25, 0.3) is 35.4 Å². The minimum absolute atomic E-state index is 0.00512. The van der Waals surface area contributed by atoms with Crippen molar-refractivity contribution in [3.63, 3.8) is 0 Å². The molecule has 0 radical (unpaired) electrons. The number of carbonyl (C=O) groups is 14. The zero-order chi connectivity index (χ0) is 107. The SMILES string of the molecule is C[C@@H]1CN(c2cc(F)c(-c3cnc(N4CCN(C(=O)CCC(=O)NCCCCCNc5cccc6c5C(=O)N(C5CCC(=O)NC5=O)C6=O)CC4)nc3)cc2NC(=O)c2c[nH]c(=O)cc2C(F)(F)F)C[C@H](C)N1C.C[C@@H]1CN(c2cc(F)c(-c3cnc(N4CCN(C(=O)CCC(=O)O)CC4)nc3)cc2NC(=O)c2c[nH]c(=O)cc2C(F)(F)F)C[C@H](C)N1C.NCCCCCCc1cccc2c1C(=O)N(C1CCC(=O)NC1=O)C2=O. The number of hydrogen-bond donors (Lipinski definition) is 10. The first-order valence-corrected chi connectivity index (χ1v) is 49.1. The predicted octanol–water partition coefficient (Wildman–Crippen LogP) is 8.43. The van der Waals surface area contributed by atoms with E-state index in [1.807, 2.05) is 67.5 Å². The largest absolute Gasteiger partial charge is 0.481 e. The number of amides is 13. The number of fused-ring (bicyclic) bond motifs is 2. The molecule has 6 atom stereocenters. The molecule has 149 heavy (non-hydrogen) atoms. The molecule has 8 aromatic rings. The molecule has 0 spiro atoms. The number of alkyl halides is 6. The number of halogens is 8. The van der Waals surface area contributed by atoms with Gasteiger partial charge in [-0.2, -0.15) is 26.3 Å². The topological polar surface area (TPSA) is 507 Å². The summed E-state index contributed by atoms with van der Waals surface area (Å²) in [5, 5.41) is 24.4. The van der Waals surface area contributed by atoms with Crippen LogP contribution in [0.15, 0.2) is 120 Å². The van der Waals surface area contributed by atoms with E-state index >= 15 is 8.78 Å². The summed E-state index contributed by atoms with van der Waals surface area (Å²) in [4.78, 5) is 237. The number of rotatable bonds is 31. The maximum Gasteiger partial charge on any atom is 0.417 e. The summed E-state index contributed by atoms with van der Waals surface area (Å²) in [7, 11) is 3.91. The molecule has 40 nitrogen and oxygen atoms in total. The molecule has 48 heteroatoms. The molecule has 4 aromatic heterocycles. The normalized spacial score (nSPS) is 19.2. The van der Waals surface area contributed by atoms with E-state index in [9.17, 15) is 103 Å². The van der Waals surface area contributed by atoms with Crippen LogP contribution in [0.2, 0.25) is 0 Å². The highest BCUT2D eigenvalue weighted by molar-refractivity contribution is 6.26. The van der Waals surface area contributed by atoms with Crippen LogP contribution in [0.1, 0.15) is 203 Å². The van der Waals surface area contributed by atoms with Crippen LogP contribution in [0.4, 0.5) is 75.5 Å². The average Bonchev–Trinajstić information content (AvgIpc) is 1.40. The van der Waals surface area contributed by atoms with E-state index in [-0.39, 0.29) is 155 Å². The van der Waals surface area contributed by atoms with E-state index in [0.717, 1.165) is 47.5 Å². The molecule has 11 N–H and O–H groups in total. The van der Waals surface area contributed by atoms with E-state index in [0.29, 0.717) is 171 Å². The van der Waals surface area contributed by atoms with Gasteiger partial charge in [-0.05, 0) is 148 Å². The van der Waals surface area contributed by atoms with Crippen molar-refractivity contribution in [3.05, 3.63) is 192 Å². The van der Waals surface area contributed by atoms with E-state index in [4.69, 9.17) is 10.8 Å². The van der Waals surface area contributed by atoms with Crippen molar-refractivity contribution in [2.45, 2.75) is 179 Å². The summed E-state index contributed by atoms with van der Waals surface area (Å²) in [6.07, 6.45) is 3.76. The third-order valence-electron chi connectivity index (χ3n) is 27.8. The maximum absolute atomic E-state index is 16.1. The summed E-state index contributed by atoms with van der Waals surface area (Å²) in [6.45, 7) is 14.1. The Balaban J connectivity index is 0.000000198. The molecule has 6 saturated heterocycles. The lowest BCUT2D eigenvalue weighted by Crippen LogP contribution is -2.55. The van der Waals surface area contributed by atoms with Crippen LogP contribution < -0.4 is 68.4 Å². The van der Waals surface area contributed by atoms with Crippen molar-refractivity contribution >= 4 is 123 Å². The van der Waals surface area contributed by atoms with Crippen LogP contribution in [0.25, 0.3) is 22.3 Å². The number of benzene rings is 4. The van der Waals surface area contributed by atoms with Crippen LogP contribution >= 0.6 is 0 Å². The zero-order valence-corrected chi connectivity index (χ0v) is 82.6. The number of aromatic nitrogens is 6. The lowest BCUT2D eigenvalue weighted by atomic mass is 9.97. The Kier molecular flexibility index (Phi) is 35.0. The van der Waals surface area contributed by atoms with Crippen molar-refractivity contribution in [2.75, 3.05) is 148 Å². The highest BCUT2D eigenvalue weighted by Crippen LogP contribution is 2.43. The van der Waals surface area contributed by atoms with Gasteiger partial charge in [0.2, 0.25) is 64.4 Å². The quantitative estimate of drug-likeness (QED) is 0.0111. The van der Waals surface area contributed by atoms with Gasteiger partial charge in [-0.1, -0.05) is 31.0 Å². The van der Waals surface area contributed by atoms with Crippen LogP contribution in [-0.4, -0.2) is 296 Å². The Morgan fingerprint density at radius 1 is 0.463 bits per heavy atom. The summed E-state index contributed by atoms with van der Waals surface area (Å²) in [5.74, 6) is -8.93. The number of carboxylic acids is 1. The lowest BCUT2D eigenvalue weighted by molar-refractivity contribution is -0.141. The first kappa shape index (κ1) is 109. The number of anilines is 7. The summed E-state index contributed by atoms with van der Waals surface area (Å²) >= 11 is 0. The van der Waals surface area contributed by atoms with E-state index in [2.05, 4.69) is 71.6 Å². The number of piperidine rings is 2. The Labute approximate surface area is 849 Å². The number of carboxylic acid groups (broad SMARTS) is 1. The number of likely N-dealkylation sites (N-methyl/N-ethyl adjacent to an activating group) is 2. The van der Waals surface area contributed by atoms with Crippen molar-refractivity contribution < 1.29 is 107 Å². The van der Waals surface area contributed by atoms with E-state index in [1.54, 1.807) is 34.1 Å². The minimum Gasteiger partial charge on any atom is -0.481 e. The fourth-order valence-corrected chi connectivity index (χ4v) is 19.2. The molecule has 4 aromatic carbocycles. The predicted molar refractivity (Wildman–Crippen MR) is 529 cm³/mol. The van der Waals surface area contributed by atoms with Crippen LogP contribution in [-0.2, 0) is 57.1 Å². The van der Waals surface area contributed by atoms with Gasteiger partial charge < -0.3 is 71.5 Å². The van der Waals surface area contributed by atoms with E-state index < -0.39 is 129 Å². The van der Waals surface area contributed by atoms with Gasteiger partial charge >= 0.3 is 18.3 Å². The molecular formula is C101H115F8N23O17. The molecule has 792 valence electrons. The molecule has 2 unspecified atom stereocenters. The molecule has 8 aliphatic heterocycles. The average molecular weight is 2080 g/mol. The van der Waals surface area contributed by atoms with Crippen LogP contribution in [0.3, 0.4) is 0 Å². The number of piperazine rings is 4. The molecule has 8 aliphatic rings. The smallest absolute Gasteiger partial charge is 0.417 e. The van der Waals surface area contributed by atoms with Gasteiger partial charge in [-0.15, -0.1) is 0 Å². The summed E-state index contributed by atoms with van der Waals surface area (Å²) in [5.41, 5.74) is 2.46. The molecule has 0 bridgehead atoms. The number of nitrogens with one attached hydrogen (secondary N) is 8. The second-order valence-corrected chi connectivity index (χ2v) is 37.8. The van der Waals surface area contributed by atoms with Gasteiger partial charge in [0.05, 0.1) is 73.7 Å². The van der Waals surface area contributed by atoms with Crippen molar-refractivity contribution in [2.24, 2.45) is 5.73 Å². The second-order valence-electron chi connectivity index (χ2n) is 37.8. The van der Waals surface area contributed by atoms with Gasteiger partial charge in [0.15, 0.2) is 0 Å². The Morgan fingerprint density at radius 2 is 0.872 bits per heavy atom. The van der Waals surface area contributed by atoms with Crippen molar-refractivity contribution in [1.29, 1.82) is 0 Å². The third kappa shape index (κ3) is 25.9. The first-order chi connectivity index (χ1) is 70.9. The number of nitrogens with zero attached hydrogens (tertiary/aromatic N) is 14. The van der Waals surface area contributed by atoms with Gasteiger partial charge in [0, 0.05) is 225 Å². The number of aromatic amines is 2. The number of aryl methyl sites for hydroxylation is 1. The van der Waals surface area contributed by atoms with Crippen LogP contribution in [0, 0.1) is 11.6 Å². The maximum atomic E-state index is 16.1. The molecular weight excluding hydrogens is 1960 g/mol. The first-order valence-electron chi connectivity index (χ1n) is 49.1. The number of pyridine rings is 2.